The zero-order valence-corrected chi connectivity index (χ0v) is 12.8. The third-order valence-electron chi connectivity index (χ3n) is 3.71. The quantitative estimate of drug-likeness (QED) is 0.758. The molecule has 1 aromatic heterocycles. The number of hydrogen-bond acceptors (Lipinski definition) is 6. The SMILES string of the molecule is COc1ncc2ccc(OCCCN3CCOCC3)cc2n1. The number of ether oxygens (including phenoxy) is 3. The Morgan fingerprint density at radius 2 is 2.14 bits per heavy atom. The first-order chi connectivity index (χ1) is 10.8. The van der Waals surface area contributed by atoms with Gasteiger partial charge in [-0.15, -0.1) is 0 Å². The van der Waals surface area contributed by atoms with Gasteiger partial charge in [0.2, 0.25) is 0 Å². The van der Waals surface area contributed by atoms with Crippen molar-refractivity contribution in [2.45, 2.75) is 6.42 Å². The second-order valence-corrected chi connectivity index (χ2v) is 5.23. The molecule has 0 atom stereocenters. The average Bonchev–Trinajstić information content (AvgIpc) is 2.59. The van der Waals surface area contributed by atoms with E-state index >= 15 is 0 Å². The van der Waals surface area contributed by atoms with Gasteiger partial charge >= 0.3 is 6.01 Å². The Hall–Kier alpha value is -1.92. The van der Waals surface area contributed by atoms with Gasteiger partial charge in [-0.1, -0.05) is 0 Å². The summed E-state index contributed by atoms with van der Waals surface area (Å²) in [7, 11) is 1.56. The Bertz CT molecular complexity index is 615. The fourth-order valence-electron chi connectivity index (χ4n) is 2.48. The van der Waals surface area contributed by atoms with Crippen LogP contribution in [0.3, 0.4) is 0 Å². The van der Waals surface area contributed by atoms with Crippen molar-refractivity contribution in [1.29, 1.82) is 0 Å². The van der Waals surface area contributed by atoms with Gasteiger partial charge in [-0.3, -0.25) is 4.90 Å². The van der Waals surface area contributed by atoms with Gasteiger partial charge in [0, 0.05) is 37.3 Å². The number of hydrogen-bond donors (Lipinski definition) is 0. The van der Waals surface area contributed by atoms with Crippen LogP contribution < -0.4 is 9.47 Å². The summed E-state index contributed by atoms with van der Waals surface area (Å²) in [6.45, 7) is 5.47. The van der Waals surface area contributed by atoms with Crippen LogP contribution in [-0.4, -0.2) is 61.4 Å². The van der Waals surface area contributed by atoms with E-state index in [1.165, 1.54) is 0 Å². The van der Waals surface area contributed by atoms with Crippen LogP contribution >= 0.6 is 0 Å². The molecule has 0 N–H and O–H groups in total. The number of rotatable bonds is 6. The Morgan fingerprint density at radius 3 is 2.95 bits per heavy atom. The van der Waals surface area contributed by atoms with Crippen molar-refractivity contribution in [2.24, 2.45) is 0 Å². The number of morpholine rings is 1. The highest BCUT2D eigenvalue weighted by Crippen LogP contribution is 2.20. The van der Waals surface area contributed by atoms with E-state index in [1.807, 2.05) is 18.2 Å². The van der Waals surface area contributed by atoms with Crippen molar-refractivity contribution < 1.29 is 14.2 Å². The van der Waals surface area contributed by atoms with Crippen LogP contribution in [0.25, 0.3) is 10.9 Å². The minimum Gasteiger partial charge on any atom is -0.493 e. The molecule has 0 amide bonds. The lowest BCUT2D eigenvalue weighted by Gasteiger charge is -2.26. The molecule has 0 aliphatic carbocycles. The maximum absolute atomic E-state index is 5.82. The lowest BCUT2D eigenvalue weighted by Crippen LogP contribution is -2.37. The molecular formula is C16H21N3O3. The summed E-state index contributed by atoms with van der Waals surface area (Å²) in [6, 6.07) is 6.21. The van der Waals surface area contributed by atoms with Crippen molar-refractivity contribution in [1.82, 2.24) is 14.9 Å². The molecule has 0 saturated carbocycles. The van der Waals surface area contributed by atoms with Crippen molar-refractivity contribution in [3.05, 3.63) is 24.4 Å². The number of fused-ring (bicyclic) bond motifs is 1. The minimum absolute atomic E-state index is 0.372. The lowest BCUT2D eigenvalue weighted by molar-refractivity contribution is 0.0358. The van der Waals surface area contributed by atoms with E-state index in [1.54, 1.807) is 13.3 Å². The maximum atomic E-state index is 5.82. The molecule has 22 heavy (non-hydrogen) atoms. The minimum atomic E-state index is 0.372. The van der Waals surface area contributed by atoms with Crippen molar-refractivity contribution in [2.75, 3.05) is 46.6 Å². The van der Waals surface area contributed by atoms with E-state index in [0.717, 1.165) is 55.9 Å². The Kier molecular flexibility index (Phi) is 5.03. The van der Waals surface area contributed by atoms with Crippen LogP contribution in [-0.2, 0) is 4.74 Å². The molecule has 1 aliphatic heterocycles. The van der Waals surface area contributed by atoms with Gasteiger partial charge in [0.25, 0.3) is 0 Å². The summed E-state index contributed by atoms with van der Waals surface area (Å²) in [5.74, 6) is 0.829. The Morgan fingerprint density at radius 1 is 1.27 bits per heavy atom. The van der Waals surface area contributed by atoms with Crippen LogP contribution in [0.1, 0.15) is 6.42 Å². The molecule has 1 aliphatic rings. The first-order valence-corrected chi connectivity index (χ1v) is 7.59. The number of methoxy groups -OCH3 is 1. The Balaban J connectivity index is 1.52. The maximum Gasteiger partial charge on any atom is 0.316 e. The van der Waals surface area contributed by atoms with Crippen LogP contribution in [0, 0.1) is 0 Å². The summed E-state index contributed by atoms with van der Waals surface area (Å²) < 4.78 is 16.2. The monoisotopic (exact) mass is 303 g/mol. The van der Waals surface area contributed by atoms with Crippen molar-refractivity contribution in [3.8, 4) is 11.8 Å². The molecule has 0 bridgehead atoms. The molecule has 118 valence electrons. The normalized spacial score (nSPS) is 15.9. The fourth-order valence-corrected chi connectivity index (χ4v) is 2.48. The highest BCUT2D eigenvalue weighted by atomic mass is 16.5. The first-order valence-electron chi connectivity index (χ1n) is 7.59. The van der Waals surface area contributed by atoms with E-state index in [-0.39, 0.29) is 0 Å². The van der Waals surface area contributed by atoms with E-state index in [9.17, 15) is 0 Å². The zero-order chi connectivity index (χ0) is 15.2. The molecule has 0 radical (unpaired) electrons. The highest BCUT2D eigenvalue weighted by molar-refractivity contribution is 5.79. The van der Waals surface area contributed by atoms with Crippen LogP contribution in [0.15, 0.2) is 24.4 Å². The van der Waals surface area contributed by atoms with Crippen LogP contribution in [0.4, 0.5) is 0 Å². The van der Waals surface area contributed by atoms with E-state index in [0.29, 0.717) is 12.6 Å². The van der Waals surface area contributed by atoms with Crippen molar-refractivity contribution in [3.63, 3.8) is 0 Å². The van der Waals surface area contributed by atoms with Gasteiger partial charge in [0.05, 0.1) is 32.4 Å². The van der Waals surface area contributed by atoms with Gasteiger partial charge in [-0.05, 0) is 18.6 Å². The summed E-state index contributed by atoms with van der Waals surface area (Å²) in [5, 5.41) is 0.974. The topological polar surface area (TPSA) is 56.7 Å². The first kappa shape index (κ1) is 15.0. The molecule has 1 saturated heterocycles. The summed E-state index contributed by atoms with van der Waals surface area (Å²) in [4.78, 5) is 10.8. The predicted octanol–water partition coefficient (Wildman–Crippen LogP) is 1.74. The third kappa shape index (κ3) is 3.84. The van der Waals surface area contributed by atoms with E-state index < -0.39 is 0 Å². The second kappa shape index (κ2) is 7.38. The molecular weight excluding hydrogens is 282 g/mol. The zero-order valence-electron chi connectivity index (χ0n) is 12.8. The second-order valence-electron chi connectivity index (χ2n) is 5.23. The molecule has 6 heteroatoms. The van der Waals surface area contributed by atoms with Gasteiger partial charge in [-0.25, -0.2) is 4.98 Å². The number of aromatic nitrogens is 2. The number of benzene rings is 1. The number of nitrogens with zero attached hydrogens (tertiary/aromatic N) is 3. The summed E-state index contributed by atoms with van der Waals surface area (Å²) >= 11 is 0. The molecule has 2 heterocycles. The Labute approximate surface area is 130 Å². The summed E-state index contributed by atoms with van der Waals surface area (Å²) in [6.07, 6.45) is 2.76. The van der Waals surface area contributed by atoms with Crippen molar-refractivity contribution >= 4 is 10.9 Å². The smallest absolute Gasteiger partial charge is 0.316 e. The molecule has 3 rings (SSSR count). The van der Waals surface area contributed by atoms with Crippen LogP contribution in [0.5, 0.6) is 11.8 Å². The molecule has 0 spiro atoms. The molecule has 0 unspecified atom stereocenters. The van der Waals surface area contributed by atoms with E-state index in [2.05, 4.69) is 14.9 Å². The average molecular weight is 303 g/mol. The molecule has 1 aromatic carbocycles. The highest BCUT2D eigenvalue weighted by Gasteiger charge is 2.09. The van der Waals surface area contributed by atoms with Gasteiger partial charge < -0.3 is 14.2 Å². The predicted molar refractivity (Wildman–Crippen MR) is 83.5 cm³/mol. The van der Waals surface area contributed by atoms with Gasteiger partial charge in [0.15, 0.2) is 0 Å². The fraction of sp³-hybridized carbons (Fsp3) is 0.500. The standard InChI is InChI=1S/C16H21N3O3/c1-20-16-17-12-13-3-4-14(11-15(13)18-16)22-8-2-5-19-6-9-21-10-7-19/h3-4,11-12H,2,5-10H2,1H3. The third-order valence-corrected chi connectivity index (χ3v) is 3.71. The lowest BCUT2D eigenvalue weighted by atomic mass is 10.2. The molecule has 6 nitrogen and oxygen atoms in total. The van der Waals surface area contributed by atoms with E-state index in [4.69, 9.17) is 14.2 Å². The largest absolute Gasteiger partial charge is 0.493 e. The van der Waals surface area contributed by atoms with Gasteiger partial charge in [-0.2, -0.15) is 4.98 Å². The molecule has 2 aromatic rings. The van der Waals surface area contributed by atoms with Gasteiger partial charge in [0.1, 0.15) is 5.75 Å². The van der Waals surface area contributed by atoms with Crippen LogP contribution in [0.2, 0.25) is 0 Å². The summed E-state index contributed by atoms with van der Waals surface area (Å²) in [5.41, 5.74) is 0.831. The molecule has 1 fully saturated rings.